The van der Waals surface area contributed by atoms with Crippen LogP contribution in [0.4, 0.5) is 11.6 Å². The summed E-state index contributed by atoms with van der Waals surface area (Å²) in [5, 5.41) is 3.40. The summed E-state index contributed by atoms with van der Waals surface area (Å²) in [5.74, 6) is 1.77. The van der Waals surface area contributed by atoms with Crippen LogP contribution in [0, 0.1) is 0 Å². The van der Waals surface area contributed by atoms with E-state index in [4.69, 9.17) is 4.74 Å². The van der Waals surface area contributed by atoms with Gasteiger partial charge in [-0.2, -0.15) is 0 Å². The molecule has 1 unspecified atom stereocenters. The lowest BCUT2D eigenvalue weighted by molar-refractivity contribution is 0.122. The average molecular weight is 285 g/mol. The maximum atomic E-state index is 5.37. The third kappa shape index (κ3) is 3.46. The Morgan fingerprint density at radius 2 is 1.95 bits per heavy atom. The third-order valence-corrected chi connectivity index (χ3v) is 3.56. The molecular weight excluding hydrogens is 266 g/mol. The lowest BCUT2D eigenvalue weighted by atomic mass is 10.1. The topological polar surface area (TPSA) is 63.2 Å². The predicted octanol–water partition coefficient (Wildman–Crippen LogP) is 1.88. The molecule has 6 heteroatoms. The first-order valence-corrected chi connectivity index (χ1v) is 7.14. The molecule has 1 fully saturated rings. The molecule has 1 atom stereocenters. The summed E-state index contributed by atoms with van der Waals surface area (Å²) in [7, 11) is 0. The Kier molecular flexibility index (Phi) is 4.25. The highest BCUT2D eigenvalue weighted by Gasteiger charge is 2.13. The summed E-state index contributed by atoms with van der Waals surface area (Å²) in [5.41, 5.74) is 1.18. The molecule has 1 N–H and O–H groups in total. The highest BCUT2D eigenvalue weighted by atomic mass is 16.5. The van der Waals surface area contributed by atoms with E-state index in [1.807, 2.05) is 18.2 Å². The molecule has 0 spiro atoms. The SMILES string of the molecule is CC(Nc1cc(N2CCOCC2)ncn1)c1ccncc1. The van der Waals surface area contributed by atoms with E-state index >= 15 is 0 Å². The number of hydrogen-bond acceptors (Lipinski definition) is 6. The van der Waals surface area contributed by atoms with Crippen LogP contribution in [-0.4, -0.2) is 41.3 Å². The normalized spacial score (nSPS) is 16.5. The fourth-order valence-electron chi connectivity index (χ4n) is 2.35. The van der Waals surface area contributed by atoms with E-state index in [1.54, 1.807) is 18.7 Å². The predicted molar refractivity (Wildman–Crippen MR) is 81.3 cm³/mol. The number of morpholine rings is 1. The fourth-order valence-corrected chi connectivity index (χ4v) is 2.35. The molecule has 21 heavy (non-hydrogen) atoms. The number of nitrogens with zero attached hydrogens (tertiary/aromatic N) is 4. The fraction of sp³-hybridized carbons (Fsp3) is 0.400. The Morgan fingerprint density at radius 1 is 1.19 bits per heavy atom. The number of nitrogens with one attached hydrogen (secondary N) is 1. The summed E-state index contributed by atoms with van der Waals surface area (Å²) < 4.78 is 5.37. The van der Waals surface area contributed by atoms with Crippen molar-refractivity contribution in [2.75, 3.05) is 36.5 Å². The molecule has 110 valence electrons. The van der Waals surface area contributed by atoms with Crippen LogP contribution in [0.5, 0.6) is 0 Å². The van der Waals surface area contributed by atoms with Crippen LogP contribution >= 0.6 is 0 Å². The van der Waals surface area contributed by atoms with Crippen molar-refractivity contribution in [1.82, 2.24) is 15.0 Å². The van der Waals surface area contributed by atoms with E-state index in [0.717, 1.165) is 37.9 Å². The zero-order valence-corrected chi connectivity index (χ0v) is 12.1. The van der Waals surface area contributed by atoms with Gasteiger partial charge in [0.15, 0.2) is 0 Å². The van der Waals surface area contributed by atoms with Crippen molar-refractivity contribution in [1.29, 1.82) is 0 Å². The van der Waals surface area contributed by atoms with E-state index in [2.05, 4.69) is 32.1 Å². The summed E-state index contributed by atoms with van der Waals surface area (Å²) in [6.07, 6.45) is 5.20. The molecule has 0 radical (unpaired) electrons. The van der Waals surface area contributed by atoms with Gasteiger partial charge in [0.25, 0.3) is 0 Å². The second-order valence-corrected chi connectivity index (χ2v) is 5.01. The minimum absolute atomic E-state index is 0.167. The number of ether oxygens (including phenoxy) is 1. The lowest BCUT2D eigenvalue weighted by Gasteiger charge is -2.28. The Labute approximate surface area is 124 Å². The van der Waals surface area contributed by atoms with Crippen LogP contribution in [0.3, 0.4) is 0 Å². The minimum atomic E-state index is 0.167. The highest BCUT2D eigenvalue weighted by Crippen LogP contribution is 2.20. The summed E-state index contributed by atoms with van der Waals surface area (Å²) in [4.78, 5) is 14.9. The first kappa shape index (κ1) is 13.8. The lowest BCUT2D eigenvalue weighted by Crippen LogP contribution is -2.36. The molecule has 3 rings (SSSR count). The molecule has 6 nitrogen and oxygen atoms in total. The van der Waals surface area contributed by atoms with Crippen LogP contribution in [0.25, 0.3) is 0 Å². The molecule has 0 aromatic carbocycles. The average Bonchev–Trinajstić information content (AvgIpc) is 2.57. The van der Waals surface area contributed by atoms with Crippen LogP contribution in [0.1, 0.15) is 18.5 Å². The van der Waals surface area contributed by atoms with Gasteiger partial charge in [0, 0.05) is 31.5 Å². The summed E-state index contributed by atoms with van der Waals surface area (Å²) in [6.45, 7) is 5.35. The first-order valence-electron chi connectivity index (χ1n) is 7.14. The summed E-state index contributed by atoms with van der Waals surface area (Å²) in [6, 6.07) is 6.16. The molecule has 1 saturated heterocycles. The highest BCUT2D eigenvalue weighted by molar-refractivity contribution is 5.49. The zero-order valence-electron chi connectivity index (χ0n) is 12.1. The molecule has 3 heterocycles. The zero-order chi connectivity index (χ0) is 14.5. The van der Waals surface area contributed by atoms with E-state index in [1.165, 1.54) is 5.56 Å². The van der Waals surface area contributed by atoms with Gasteiger partial charge in [-0.3, -0.25) is 4.98 Å². The Morgan fingerprint density at radius 3 is 2.71 bits per heavy atom. The molecule has 1 aliphatic heterocycles. The van der Waals surface area contributed by atoms with Gasteiger partial charge in [-0.15, -0.1) is 0 Å². The number of aromatic nitrogens is 3. The van der Waals surface area contributed by atoms with Crippen LogP contribution in [-0.2, 0) is 4.74 Å². The van der Waals surface area contributed by atoms with Gasteiger partial charge in [0.1, 0.15) is 18.0 Å². The third-order valence-electron chi connectivity index (χ3n) is 3.56. The maximum Gasteiger partial charge on any atom is 0.134 e. The molecule has 2 aromatic rings. The van der Waals surface area contributed by atoms with Gasteiger partial charge >= 0.3 is 0 Å². The molecule has 1 aliphatic rings. The van der Waals surface area contributed by atoms with E-state index in [-0.39, 0.29) is 6.04 Å². The number of anilines is 2. The monoisotopic (exact) mass is 285 g/mol. The number of pyridine rings is 1. The molecule has 0 saturated carbocycles. The van der Waals surface area contributed by atoms with E-state index in [9.17, 15) is 0 Å². The van der Waals surface area contributed by atoms with Gasteiger partial charge < -0.3 is 15.0 Å². The molecule has 0 bridgehead atoms. The second kappa shape index (κ2) is 6.49. The van der Waals surface area contributed by atoms with Crippen LogP contribution in [0.2, 0.25) is 0 Å². The van der Waals surface area contributed by atoms with Gasteiger partial charge in [-0.05, 0) is 24.6 Å². The molecular formula is C15H19N5O. The molecule has 0 amide bonds. The quantitative estimate of drug-likeness (QED) is 0.925. The Balaban J connectivity index is 1.71. The number of hydrogen-bond donors (Lipinski definition) is 1. The minimum Gasteiger partial charge on any atom is -0.378 e. The Bertz CT molecular complexity index is 571. The standard InChI is InChI=1S/C15H19N5O/c1-12(13-2-4-16-5-3-13)19-14-10-15(18-11-17-14)20-6-8-21-9-7-20/h2-5,10-12H,6-9H2,1H3,(H,17,18,19). The molecule has 2 aromatic heterocycles. The smallest absolute Gasteiger partial charge is 0.134 e. The van der Waals surface area contributed by atoms with Crippen molar-refractivity contribution in [3.05, 3.63) is 42.5 Å². The summed E-state index contributed by atoms with van der Waals surface area (Å²) >= 11 is 0. The van der Waals surface area contributed by atoms with Gasteiger partial charge in [-0.25, -0.2) is 9.97 Å². The van der Waals surface area contributed by atoms with Crippen molar-refractivity contribution >= 4 is 11.6 Å². The van der Waals surface area contributed by atoms with E-state index in [0.29, 0.717) is 0 Å². The van der Waals surface area contributed by atoms with Crippen molar-refractivity contribution in [2.45, 2.75) is 13.0 Å². The Hall–Kier alpha value is -2.21. The van der Waals surface area contributed by atoms with Gasteiger partial charge in [0.05, 0.1) is 19.3 Å². The second-order valence-electron chi connectivity index (χ2n) is 5.01. The van der Waals surface area contributed by atoms with Crippen LogP contribution in [0.15, 0.2) is 36.9 Å². The number of rotatable bonds is 4. The van der Waals surface area contributed by atoms with Crippen molar-refractivity contribution in [3.63, 3.8) is 0 Å². The van der Waals surface area contributed by atoms with Gasteiger partial charge in [-0.1, -0.05) is 0 Å². The van der Waals surface area contributed by atoms with Crippen molar-refractivity contribution < 1.29 is 4.74 Å². The molecule has 0 aliphatic carbocycles. The van der Waals surface area contributed by atoms with Gasteiger partial charge in [0.2, 0.25) is 0 Å². The van der Waals surface area contributed by atoms with Crippen LogP contribution < -0.4 is 10.2 Å². The van der Waals surface area contributed by atoms with E-state index < -0.39 is 0 Å². The largest absolute Gasteiger partial charge is 0.378 e. The van der Waals surface area contributed by atoms with Crippen molar-refractivity contribution in [2.24, 2.45) is 0 Å². The van der Waals surface area contributed by atoms with Crippen molar-refractivity contribution in [3.8, 4) is 0 Å². The first-order chi connectivity index (χ1) is 10.3. The maximum absolute atomic E-state index is 5.37.